The maximum atomic E-state index is 13.2. The molecule has 0 radical (unpaired) electrons. The molecule has 1 aromatic heterocycles. The number of hydrogen-bond acceptors (Lipinski definition) is 4. The number of carbonyl (C=O) groups excluding carboxylic acids is 1. The third-order valence-corrected chi connectivity index (χ3v) is 6.89. The zero-order chi connectivity index (χ0) is 25.9. The lowest BCUT2D eigenvalue weighted by atomic mass is 10.0. The van der Waals surface area contributed by atoms with Crippen molar-refractivity contribution in [2.24, 2.45) is 0 Å². The smallest absolute Gasteiger partial charge is 0.306 e. The van der Waals surface area contributed by atoms with Gasteiger partial charge in [0.25, 0.3) is 5.91 Å². The number of benzene rings is 2. The molecule has 0 aliphatic carbocycles. The molecule has 1 aliphatic rings. The number of rotatable bonds is 3. The van der Waals surface area contributed by atoms with E-state index >= 15 is 0 Å². The summed E-state index contributed by atoms with van der Waals surface area (Å²) >= 11 is 0. The third-order valence-electron chi connectivity index (χ3n) is 5.45. The number of nitrogens with zero attached hydrogens (tertiary/aromatic N) is 2. The lowest BCUT2D eigenvalue weighted by Crippen LogP contribution is -2.20. The molecule has 1 amide bonds. The Balaban J connectivity index is 1.83. The summed E-state index contributed by atoms with van der Waals surface area (Å²) in [6, 6.07) is 5.72. The highest BCUT2D eigenvalue weighted by Gasteiger charge is 2.38. The number of sulfone groups is 1. The largest absolute Gasteiger partial charge is 0.416 e. The standard InChI is InChI=1S/C22H17F6N3O3S/c1-11-3-4-18(12(2)5-11)31-19(16-9-35(33,34)10-17(16)30-31)29-20(32)13-6-14(21(23,24)25)8-15(7-13)22(26,27)28/h3-8H,9-10H2,1-2H3,(H,29,32). The molecule has 0 spiro atoms. The van der Waals surface area contributed by atoms with Crippen LogP contribution in [0.5, 0.6) is 0 Å². The molecule has 1 aliphatic heterocycles. The molecule has 0 unspecified atom stereocenters. The second kappa shape index (κ2) is 8.11. The number of amides is 1. The molecule has 35 heavy (non-hydrogen) atoms. The number of hydrogen-bond donors (Lipinski definition) is 1. The summed E-state index contributed by atoms with van der Waals surface area (Å²) in [6.45, 7) is 3.57. The number of aromatic nitrogens is 2. The van der Waals surface area contributed by atoms with E-state index in [2.05, 4.69) is 10.4 Å². The van der Waals surface area contributed by atoms with Crippen LogP contribution in [0.2, 0.25) is 0 Å². The Morgan fingerprint density at radius 2 is 1.54 bits per heavy atom. The monoisotopic (exact) mass is 517 g/mol. The number of nitrogens with one attached hydrogen (secondary N) is 1. The topological polar surface area (TPSA) is 81.1 Å². The van der Waals surface area contributed by atoms with Crippen LogP contribution in [0.4, 0.5) is 32.2 Å². The van der Waals surface area contributed by atoms with Crippen molar-refractivity contribution >= 4 is 21.6 Å². The minimum Gasteiger partial charge on any atom is -0.306 e. The molecule has 3 aromatic rings. The molecule has 13 heteroatoms. The number of carbonyl (C=O) groups is 1. The van der Waals surface area contributed by atoms with Gasteiger partial charge in [-0.05, 0) is 43.7 Å². The van der Waals surface area contributed by atoms with Crippen LogP contribution < -0.4 is 5.32 Å². The van der Waals surface area contributed by atoms with E-state index in [0.29, 0.717) is 23.4 Å². The van der Waals surface area contributed by atoms with Crippen LogP contribution >= 0.6 is 0 Å². The predicted octanol–water partition coefficient (Wildman–Crippen LogP) is 5.21. The van der Waals surface area contributed by atoms with E-state index in [9.17, 15) is 39.6 Å². The first-order valence-electron chi connectivity index (χ1n) is 10.0. The van der Waals surface area contributed by atoms with Crippen LogP contribution in [0, 0.1) is 13.8 Å². The molecule has 2 aromatic carbocycles. The molecule has 0 saturated heterocycles. The first-order chi connectivity index (χ1) is 16.0. The average Bonchev–Trinajstić information content (AvgIpc) is 3.18. The number of alkyl halides is 6. The van der Waals surface area contributed by atoms with Gasteiger partial charge in [-0.25, -0.2) is 13.1 Å². The van der Waals surface area contributed by atoms with Gasteiger partial charge in [-0.3, -0.25) is 4.79 Å². The van der Waals surface area contributed by atoms with Crippen molar-refractivity contribution in [2.75, 3.05) is 5.32 Å². The fourth-order valence-corrected chi connectivity index (χ4v) is 5.35. The van der Waals surface area contributed by atoms with Gasteiger partial charge in [-0.1, -0.05) is 17.7 Å². The minimum atomic E-state index is -5.13. The average molecular weight is 517 g/mol. The Morgan fingerprint density at radius 1 is 0.943 bits per heavy atom. The summed E-state index contributed by atoms with van der Waals surface area (Å²) in [7, 11) is -3.58. The fourth-order valence-electron chi connectivity index (χ4n) is 3.85. The van der Waals surface area contributed by atoms with E-state index < -0.39 is 56.3 Å². The summed E-state index contributed by atoms with van der Waals surface area (Å²) in [4.78, 5) is 12.9. The van der Waals surface area contributed by atoms with Crippen LogP contribution in [-0.4, -0.2) is 24.1 Å². The molecule has 1 N–H and O–H groups in total. The second-order valence-corrected chi connectivity index (χ2v) is 10.3. The van der Waals surface area contributed by atoms with E-state index in [4.69, 9.17) is 0 Å². The maximum Gasteiger partial charge on any atom is 0.416 e. The Hall–Kier alpha value is -3.35. The van der Waals surface area contributed by atoms with Gasteiger partial charge in [-0.2, -0.15) is 31.4 Å². The molecule has 186 valence electrons. The zero-order valence-electron chi connectivity index (χ0n) is 18.2. The number of aryl methyl sites for hydroxylation is 2. The Morgan fingerprint density at radius 3 is 2.09 bits per heavy atom. The minimum absolute atomic E-state index is 0.0824. The molecule has 0 atom stereocenters. The Bertz CT molecular complexity index is 1420. The summed E-state index contributed by atoms with van der Waals surface area (Å²) in [5.41, 5.74) is -1.86. The van der Waals surface area contributed by atoms with Crippen molar-refractivity contribution in [3.05, 3.63) is 75.5 Å². The predicted molar refractivity (Wildman–Crippen MR) is 114 cm³/mol. The second-order valence-electron chi connectivity index (χ2n) is 8.26. The maximum absolute atomic E-state index is 13.2. The molecule has 2 heterocycles. The lowest BCUT2D eigenvalue weighted by Gasteiger charge is -2.16. The van der Waals surface area contributed by atoms with Crippen LogP contribution in [0.15, 0.2) is 36.4 Å². The Labute approximate surface area is 195 Å². The van der Waals surface area contributed by atoms with Crippen molar-refractivity contribution < 1.29 is 39.6 Å². The highest BCUT2D eigenvalue weighted by molar-refractivity contribution is 7.90. The highest BCUT2D eigenvalue weighted by atomic mass is 32.2. The van der Waals surface area contributed by atoms with Crippen LogP contribution in [0.25, 0.3) is 5.69 Å². The molecule has 0 fully saturated rings. The van der Waals surface area contributed by atoms with Gasteiger partial charge in [-0.15, -0.1) is 0 Å². The van der Waals surface area contributed by atoms with E-state index in [1.165, 1.54) is 4.68 Å². The van der Waals surface area contributed by atoms with Gasteiger partial charge in [0.2, 0.25) is 0 Å². The molecule has 0 saturated carbocycles. The van der Waals surface area contributed by atoms with Crippen molar-refractivity contribution in [3.8, 4) is 5.69 Å². The SMILES string of the molecule is Cc1ccc(-n2nc3c(c2NC(=O)c2cc(C(F)(F)F)cc(C(F)(F)F)c2)CS(=O)(=O)C3)c(C)c1. The lowest BCUT2D eigenvalue weighted by molar-refractivity contribution is -0.143. The van der Waals surface area contributed by atoms with Gasteiger partial charge in [0.05, 0.1) is 34.0 Å². The summed E-state index contributed by atoms with van der Waals surface area (Å²) in [5, 5.41) is 6.58. The van der Waals surface area contributed by atoms with Crippen LogP contribution in [-0.2, 0) is 33.7 Å². The van der Waals surface area contributed by atoms with E-state index in [0.717, 1.165) is 5.56 Å². The fraction of sp³-hybridized carbons (Fsp3) is 0.273. The van der Waals surface area contributed by atoms with Gasteiger partial charge in [0.1, 0.15) is 5.82 Å². The molecular formula is C22H17F6N3O3S. The summed E-state index contributed by atoms with van der Waals surface area (Å²) in [5.74, 6) is -2.31. The normalized spacial score (nSPS) is 15.2. The van der Waals surface area contributed by atoms with Crippen molar-refractivity contribution in [1.29, 1.82) is 0 Å². The van der Waals surface area contributed by atoms with E-state index in [-0.39, 0.29) is 23.1 Å². The molecular weight excluding hydrogens is 500 g/mol. The molecule has 0 bridgehead atoms. The first-order valence-corrected chi connectivity index (χ1v) is 11.9. The number of halogens is 6. The van der Waals surface area contributed by atoms with Gasteiger partial charge < -0.3 is 5.32 Å². The van der Waals surface area contributed by atoms with Gasteiger partial charge >= 0.3 is 12.4 Å². The summed E-state index contributed by atoms with van der Waals surface area (Å²) < 4.78 is 105. The highest BCUT2D eigenvalue weighted by Crippen LogP contribution is 2.37. The summed E-state index contributed by atoms with van der Waals surface area (Å²) in [6.07, 6.45) is -10.3. The number of anilines is 1. The van der Waals surface area contributed by atoms with E-state index in [1.807, 2.05) is 6.92 Å². The van der Waals surface area contributed by atoms with E-state index in [1.54, 1.807) is 25.1 Å². The first kappa shape index (κ1) is 24.8. The van der Waals surface area contributed by atoms with Gasteiger partial charge in [0, 0.05) is 11.1 Å². The zero-order valence-corrected chi connectivity index (χ0v) is 19.0. The Kier molecular flexibility index (Phi) is 5.74. The van der Waals surface area contributed by atoms with Crippen molar-refractivity contribution in [1.82, 2.24) is 9.78 Å². The van der Waals surface area contributed by atoms with Crippen LogP contribution in [0.1, 0.15) is 43.9 Å². The quantitative estimate of drug-likeness (QED) is 0.484. The molecule has 4 rings (SSSR count). The van der Waals surface area contributed by atoms with Crippen molar-refractivity contribution in [3.63, 3.8) is 0 Å². The van der Waals surface area contributed by atoms with Crippen molar-refractivity contribution in [2.45, 2.75) is 37.7 Å². The number of fused-ring (bicyclic) bond motifs is 1. The molecule has 6 nitrogen and oxygen atoms in total. The van der Waals surface area contributed by atoms with Gasteiger partial charge in [0.15, 0.2) is 9.84 Å². The third kappa shape index (κ3) is 4.90. The van der Waals surface area contributed by atoms with Crippen LogP contribution in [0.3, 0.4) is 0 Å².